The molecule has 0 radical (unpaired) electrons. The van der Waals surface area contributed by atoms with Crippen molar-refractivity contribution in [2.45, 2.75) is 0 Å². The van der Waals surface area contributed by atoms with Crippen LogP contribution < -0.4 is 5.32 Å². The smallest absolute Gasteiger partial charge is 0.240 e. The van der Waals surface area contributed by atoms with Crippen LogP contribution in [0.25, 0.3) is 10.6 Å². The predicted octanol–water partition coefficient (Wildman–Crippen LogP) is 1.48. The molecular formula is C12H14N4O3S2. The zero-order chi connectivity index (χ0) is 15.5. The maximum atomic E-state index is 11.8. The van der Waals surface area contributed by atoms with Gasteiger partial charge in [-0.1, -0.05) is 12.6 Å². The Hall–Kier alpha value is -1.97. The maximum Gasteiger partial charge on any atom is 0.240 e. The first kappa shape index (κ1) is 15.4. The summed E-state index contributed by atoms with van der Waals surface area (Å²) in [5, 5.41) is 12.0. The van der Waals surface area contributed by atoms with E-state index in [4.69, 9.17) is 0 Å². The second kappa shape index (κ2) is 6.20. The molecule has 2 rings (SSSR count). The van der Waals surface area contributed by atoms with Gasteiger partial charge in [-0.3, -0.25) is 9.89 Å². The fourth-order valence-corrected chi connectivity index (χ4v) is 2.79. The van der Waals surface area contributed by atoms with Crippen molar-refractivity contribution >= 4 is 33.1 Å². The topological polar surface area (TPSA) is 95.2 Å². The molecule has 112 valence electrons. The van der Waals surface area contributed by atoms with Gasteiger partial charge in [0, 0.05) is 18.5 Å². The van der Waals surface area contributed by atoms with Crippen molar-refractivity contribution in [1.29, 1.82) is 0 Å². The minimum absolute atomic E-state index is 0.310. The van der Waals surface area contributed by atoms with E-state index in [1.54, 1.807) is 17.4 Å². The Labute approximate surface area is 126 Å². The van der Waals surface area contributed by atoms with Gasteiger partial charge in [-0.05, 0) is 11.4 Å². The molecule has 0 spiro atoms. The van der Waals surface area contributed by atoms with Crippen molar-refractivity contribution in [3.8, 4) is 10.6 Å². The first-order chi connectivity index (χ1) is 9.92. The third-order valence-electron chi connectivity index (χ3n) is 2.64. The summed E-state index contributed by atoms with van der Waals surface area (Å²) in [7, 11) is -2.30. The third-order valence-corrected chi connectivity index (χ3v) is 4.97. The van der Waals surface area contributed by atoms with E-state index >= 15 is 0 Å². The summed E-state index contributed by atoms with van der Waals surface area (Å²) in [5.41, 5.74) is 0.785. The van der Waals surface area contributed by atoms with Crippen LogP contribution in [0.1, 0.15) is 0 Å². The van der Waals surface area contributed by atoms with Gasteiger partial charge < -0.3 is 5.32 Å². The molecule has 0 atom stereocenters. The number of anilines is 1. The molecule has 9 heteroatoms. The number of H-pyrrole nitrogens is 1. The normalized spacial score (nSPS) is 11.5. The number of aromatic amines is 1. The molecule has 2 aromatic heterocycles. The highest BCUT2D eigenvalue weighted by Crippen LogP contribution is 2.24. The number of carbonyl (C=O) groups is 1. The highest BCUT2D eigenvalue weighted by atomic mass is 32.2. The van der Waals surface area contributed by atoms with E-state index in [1.807, 2.05) is 17.5 Å². The van der Waals surface area contributed by atoms with E-state index in [2.05, 4.69) is 22.1 Å². The summed E-state index contributed by atoms with van der Waals surface area (Å²) < 4.78 is 23.8. The zero-order valence-corrected chi connectivity index (χ0v) is 12.9. The van der Waals surface area contributed by atoms with Crippen molar-refractivity contribution in [2.24, 2.45) is 0 Å². The van der Waals surface area contributed by atoms with Gasteiger partial charge in [-0.2, -0.15) is 9.40 Å². The van der Waals surface area contributed by atoms with Crippen LogP contribution in [0.2, 0.25) is 0 Å². The van der Waals surface area contributed by atoms with Gasteiger partial charge in [0.25, 0.3) is 0 Å². The summed E-state index contributed by atoms with van der Waals surface area (Å²) in [4.78, 5) is 12.8. The van der Waals surface area contributed by atoms with Crippen LogP contribution in [0.3, 0.4) is 0 Å². The lowest BCUT2D eigenvalue weighted by atomic mass is 10.3. The summed E-state index contributed by atoms with van der Waals surface area (Å²) in [6.07, 6.45) is 0. The second-order valence-electron chi connectivity index (χ2n) is 4.16. The van der Waals surface area contributed by atoms with Crippen LogP contribution in [-0.4, -0.2) is 42.4 Å². The average molecular weight is 326 g/mol. The third kappa shape index (κ3) is 3.78. The molecular weight excluding hydrogens is 312 g/mol. The average Bonchev–Trinajstić information content (AvgIpc) is 3.08. The van der Waals surface area contributed by atoms with Crippen LogP contribution in [0.5, 0.6) is 0 Å². The monoisotopic (exact) mass is 326 g/mol. The number of likely N-dealkylation sites (N-methyl/N-ethyl adjacent to an activating group) is 1. The predicted molar refractivity (Wildman–Crippen MR) is 82.3 cm³/mol. The first-order valence-corrected chi connectivity index (χ1v) is 8.28. The van der Waals surface area contributed by atoms with E-state index in [1.165, 1.54) is 7.05 Å². The number of nitrogens with zero attached hydrogens (tertiary/aromatic N) is 2. The summed E-state index contributed by atoms with van der Waals surface area (Å²) in [6.45, 7) is 2.89. The lowest BCUT2D eigenvalue weighted by Crippen LogP contribution is -2.33. The molecule has 1 amide bonds. The molecule has 2 heterocycles. The Morgan fingerprint density at radius 3 is 3.00 bits per heavy atom. The van der Waals surface area contributed by atoms with Crippen LogP contribution in [0.4, 0.5) is 5.82 Å². The van der Waals surface area contributed by atoms with Gasteiger partial charge in [0.1, 0.15) is 0 Å². The van der Waals surface area contributed by atoms with Crippen molar-refractivity contribution in [1.82, 2.24) is 14.5 Å². The van der Waals surface area contributed by atoms with Gasteiger partial charge in [-0.25, -0.2) is 8.42 Å². The molecule has 7 nitrogen and oxygen atoms in total. The molecule has 0 aliphatic rings. The SMILES string of the molecule is C=CS(=O)(=O)N(C)CC(=O)Nc1cc(-c2cccs2)[nH]n1. The molecule has 0 unspecified atom stereocenters. The van der Waals surface area contributed by atoms with Crippen LogP contribution in [-0.2, 0) is 14.8 Å². The standard InChI is InChI=1S/C12H14N4O3S2/c1-3-21(18,19)16(2)8-12(17)13-11-7-9(14-15-11)10-5-4-6-20-10/h3-7H,1,8H2,2H3,(H2,13,14,15,17). The molecule has 0 saturated heterocycles. The van der Waals surface area contributed by atoms with Crippen molar-refractivity contribution in [3.63, 3.8) is 0 Å². The van der Waals surface area contributed by atoms with E-state index in [9.17, 15) is 13.2 Å². The fraction of sp³-hybridized carbons (Fsp3) is 0.167. The summed E-state index contributed by atoms with van der Waals surface area (Å²) >= 11 is 1.54. The van der Waals surface area contributed by atoms with E-state index in [-0.39, 0.29) is 6.54 Å². The molecule has 0 bridgehead atoms. The van der Waals surface area contributed by atoms with E-state index in [0.717, 1.165) is 20.3 Å². The Morgan fingerprint density at radius 1 is 1.62 bits per heavy atom. The number of thiophene rings is 1. The molecule has 0 aliphatic carbocycles. The molecule has 0 saturated carbocycles. The van der Waals surface area contributed by atoms with Gasteiger partial charge >= 0.3 is 0 Å². The fourth-order valence-electron chi connectivity index (χ4n) is 1.55. The number of hydrogen-bond donors (Lipinski definition) is 2. The minimum atomic E-state index is -3.61. The number of hydrogen-bond acceptors (Lipinski definition) is 5. The highest BCUT2D eigenvalue weighted by Gasteiger charge is 2.17. The van der Waals surface area contributed by atoms with Crippen molar-refractivity contribution in [2.75, 3.05) is 18.9 Å². The Balaban J connectivity index is 1.99. The minimum Gasteiger partial charge on any atom is -0.308 e. The number of sulfonamides is 1. The molecule has 0 aromatic carbocycles. The number of aromatic nitrogens is 2. The summed E-state index contributed by atoms with van der Waals surface area (Å²) in [5.74, 6) is -0.139. The van der Waals surface area contributed by atoms with Gasteiger partial charge in [0.05, 0.1) is 17.1 Å². The molecule has 21 heavy (non-hydrogen) atoms. The van der Waals surface area contributed by atoms with Crippen LogP contribution in [0.15, 0.2) is 35.6 Å². The molecule has 0 fully saturated rings. The lowest BCUT2D eigenvalue weighted by Gasteiger charge is -2.13. The van der Waals surface area contributed by atoms with E-state index < -0.39 is 15.9 Å². The van der Waals surface area contributed by atoms with Gasteiger partial charge in [-0.15, -0.1) is 11.3 Å². The number of amides is 1. The Bertz CT molecular complexity index is 734. The molecule has 2 N–H and O–H groups in total. The number of nitrogens with one attached hydrogen (secondary N) is 2. The van der Waals surface area contributed by atoms with Crippen molar-refractivity contribution in [3.05, 3.63) is 35.6 Å². The zero-order valence-electron chi connectivity index (χ0n) is 11.2. The highest BCUT2D eigenvalue weighted by molar-refractivity contribution is 7.92. The van der Waals surface area contributed by atoms with Crippen LogP contribution in [0, 0.1) is 0 Å². The molecule has 0 aliphatic heterocycles. The van der Waals surface area contributed by atoms with Gasteiger partial charge in [0.2, 0.25) is 15.9 Å². The maximum absolute atomic E-state index is 11.8. The number of rotatable bonds is 6. The first-order valence-electron chi connectivity index (χ1n) is 5.90. The van der Waals surface area contributed by atoms with Crippen LogP contribution >= 0.6 is 11.3 Å². The molecule has 2 aromatic rings. The second-order valence-corrected chi connectivity index (χ2v) is 7.09. The van der Waals surface area contributed by atoms with Gasteiger partial charge in [0.15, 0.2) is 5.82 Å². The quantitative estimate of drug-likeness (QED) is 0.840. The Morgan fingerprint density at radius 2 is 2.38 bits per heavy atom. The van der Waals surface area contributed by atoms with Crippen molar-refractivity contribution < 1.29 is 13.2 Å². The summed E-state index contributed by atoms with van der Waals surface area (Å²) in [6, 6.07) is 5.52. The number of carbonyl (C=O) groups excluding carboxylic acids is 1. The lowest BCUT2D eigenvalue weighted by molar-refractivity contribution is -0.116. The largest absolute Gasteiger partial charge is 0.308 e. The Kier molecular flexibility index (Phi) is 4.56. The van der Waals surface area contributed by atoms with E-state index in [0.29, 0.717) is 5.82 Å².